The number of hydrogen-bond donors (Lipinski definition) is 0. The molecule has 0 bridgehead atoms. The van der Waals surface area contributed by atoms with Crippen LogP contribution < -0.4 is 0 Å². The molecule has 0 N–H and O–H groups in total. The zero-order chi connectivity index (χ0) is 13.9. The smallest absolute Gasteiger partial charge is 0.0723 e. The number of aromatic nitrogens is 3. The number of pyridine rings is 1. The molecule has 1 aromatic carbocycles. The zero-order valence-corrected chi connectivity index (χ0v) is 11.9. The van der Waals surface area contributed by atoms with E-state index in [1.54, 1.807) is 0 Å². The molecule has 0 atom stereocenters. The Bertz CT molecular complexity index is 720. The third-order valence-corrected chi connectivity index (χ3v) is 3.47. The number of hydrogen-bond acceptors (Lipinski definition) is 2. The highest BCUT2D eigenvalue weighted by molar-refractivity contribution is 6.17. The number of halogens is 1. The fourth-order valence-corrected chi connectivity index (χ4v) is 2.33. The number of alkyl halides is 1. The van der Waals surface area contributed by atoms with Crippen LogP contribution in [0.2, 0.25) is 0 Å². The number of aryl methyl sites for hydroxylation is 1. The Balaban J connectivity index is 2.04. The molecule has 2 heterocycles. The molecule has 4 heteroatoms. The van der Waals surface area contributed by atoms with Gasteiger partial charge in [-0.05, 0) is 18.6 Å². The number of rotatable bonds is 3. The van der Waals surface area contributed by atoms with Gasteiger partial charge in [0, 0.05) is 29.2 Å². The van der Waals surface area contributed by atoms with Crippen molar-refractivity contribution in [1.29, 1.82) is 0 Å². The summed E-state index contributed by atoms with van der Waals surface area (Å²) in [6.07, 6.45) is 5.69. The molecule has 3 rings (SSSR count). The van der Waals surface area contributed by atoms with E-state index in [0.29, 0.717) is 5.88 Å². The van der Waals surface area contributed by atoms with E-state index in [2.05, 4.69) is 22.2 Å². The predicted molar refractivity (Wildman–Crippen MR) is 81.1 cm³/mol. The Morgan fingerprint density at radius 3 is 2.65 bits per heavy atom. The highest BCUT2D eigenvalue weighted by Gasteiger charge is 2.08. The van der Waals surface area contributed by atoms with Gasteiger partial charge in [0.15, 0.2) is 0 Å². The van der Waals surface area contributed by atoms with Gasteiger partial charge in [-0.25, -0.2) is 4.68 Å². The van der Waals surface area contributed by atoms with Gasteiger partial charge in [-0.2, -0.15) is 5.10 Å². The van der Waals surface area contributed by atoms with Gasteiger partial charge in [-0.1, -0.05) is 30.3 Å². The average molecular weight is 284 g/mol. The van der Waals surface area contributed by atoms with Gasteiger partial charge in [0.2, 0.25) is 0 Å². The largest absolute Gasteiger partial charge is 0.261 e. The van der Waals surface area contributed by atoms with Crippen molar-refractivity contribution in [1.82, 2.24) is 14.8 Å². The van der Waals surface area contributed by atoms with Crippen LogP contribution in [0.5, 0.6) is 0 Å². The Hall–Kier alpha value is -2.13. The minimum atomic E-state index is 0.420. The van der Waals surface area contributed by atoms with E-state index in [1.807, 2.05) is 54.5 Å². The molecular weight excluding hydrogens is 270 g/mol. The van der Waals surface area contributed by atoms with Crippen LogP contribution in [0.25, 0.3) is 16.8 Å². The van der Waals surface area contributed by atoms with E-state index in [-0.39, 0.29) is 0 Å². The summed E-state index contributed by atoms with van der Waals surface area (Å²) < 4.78 is 1.86. The van der Waals surface area contributed by atoms with E-state index in [0.717, 1.165) is 28.1 Å². The maximum Gasteiger partial charge on any atom is 0.0723 e. The average Bonchev–Trinajstić information content (AvgIpc) is 2.98. The maximum absolute atomic E-state index is 5.98. The fourth-order valence-electron chi connectivity index (χ4n) is 2.12. The van der Waals surface area contributed by atoms with Crippen molar-refractivity contribution in [2.45, 2.75) is 12.8 Å². The highest BCUT2D eigenvalue weighted by atomic mass is 35.5. The standard InChI is InChI=1S/C16H14ClN3/c1-12-7-16(14(8-17)9-18-12)20-11-15(10-19-20)13-5-3-2-4-6-13/h2-7,9-11H,8H2,1H3. The Kier molecular flexibility index (Phi) is 3.52. The molecular formula is C16H14ClN3. The first-order valence-electron chi connectivity index (χ1n) is 6.40. The SMILES string of the molecule is Cc1cc(-n2cc(-c3ccccc3)cn2)c(CCl)cn1. The van der Waals surface area contributed by atoms with Crippen LogP contribution in [0, 0.1) is 6.92 Å². The van der Waals surface area contributed by atoms with Crippen LogP contribution in [-0.2, 0) is 5.88 Å². The topological polar surface area (TPSA) is 30.7 Å². The van der Waals surface area contributed by atoms with Crippen molar-refractivity contribution in [2.24, 2.45) is 0 Å². The summed E-state index contributed by atoms with van der Waals surface area (Å²) in [6.45, 7) is 1.96. The summed E-state index contributed by atoms with van der Waals surface area (Å²) in [5, 5.41) is 4.44. The van der Waals surface area contributed by atoms with Gasteiger partial charge >= 0.3 is 0 Å². The molecule has 0 saturated carbocycles. The summed E-state index contributed by atoms with van der Waals surface area (Å²) in [5.74, 6) is 0.420. The molecule has 100 valence electrons. The molecule has 0 aliphatic heterocycles. The lowest BCUT2D eigenvalue weighted by Gasteiger charge is -2.07. The van der Waals surface area contributed by atoms with Gasteiger partial charge in [0.25, 0.3) is 0 Å². The number of benzene rings is 1. The third-order valence-electron chi connectivity index (χ3n) is 3.18. The maximum atomic E-state index is 5.98. The molecule has 0 radical (unpaired) electrons. The van der Waals surface area contributed by atoms with Crippen molar-refractivity contribution in [3.05, 3.63) is 66.2 Å². The van der Waals surface area contributed by atoms with Crippen molar-refractivity contribution >= 4 is 11.6 Å². The zero-order valence-electron chi connectivity index (χ0n) is 11.1. The summed E-state index contributed by atoms with van der Waals surface area (Å²) >= 11 is 5.98. The van der Waals surface area contributed by atoms with Gasteiger partial charge in [0.05, 0.1) is 17.8 Å². The van der Waals surface area contributed by atoms with Gasteiger partial charge in [-0.3, -0.25) is 4.98 Å². The molecule has 0 unspecified atom stereocenters. The van der Waals surface area contributed by atoms with Crippen LogP contribution in [0.15, 0.2) is 55.0 Å². The summed E-state index contributed by atoms with van der Waals surface area (Å²) in [7, 11) is 0. The normalized spacial score (nSPS) is 10.7. The Labute approximate surface area is 122 Å². The van der Waals surface area contributed by atoms with Crippen LogP contribution >= 0.6 is 11.6 Å². The Morgan fingerprint density at radius 2 is 1.90 bits per heavy atom. The molecule has 3 aromatic rings. The van der Waals surface area contributed by atoms with Gasteiger partial charge in [-0.15, -0.1) is 11.6 Å². The van der Waals surface area contributed by atoms with E-state index >= 15 is 0 Å². The second kappa shape index (κ2) is 5.47. The van der Waals surface area contributed by atoms with E-state index in [4.69, 9.17) is 11.6 Å². The van der Waals surface area contributed by atoms with Crippen molar-refractivity contribution < 1.29 is 0 Å². The lowest BCUT2D eigenvalue weighted by atomic mass is 10.1. The van der Waals surface area contributed by atoms with E-state index < -0.39 is 0 Å². The molecule has 0 aliphatic rings. The molecule has 2 aromatic heterocycles. The summed E-state index contributed by atoms with van der Waals surface area (Å²) in [4.78, 5) is 4.28. The summed E-state index contributed by atoms with van der Waals surface area (Å²) in [6, 6.07) is 12.2. The first-order chi connectivity index (χ1) is 9.78. The minimum Gasteiger partial charge on any atom is -0.261 e. The lowest BCUT2D eigenvalue weighted by molar-refractivity contribution is 0.863. The molecule has 20 heavy (non-hydrogen) atoms. The second-order valence-corrected chi connectivity index (χ2v) is 4.89. The summed E-state index contributed by atoms with van der Waals surface area (Å²) in [5.41, 5.74) is 5.14. The van der Waals surface area contributed by atoms with Crippen LogP contribution in [0.4, 0.5) is 0 Å². The van der Waals surface area contributed by atoms with Crippen molar-refractivity contribution in [3.8, 4) is 16.8 Å². The molecule has 0 fully saturated rings. The molecule has 0 amide bonds. The van der Waals surface area contributed by atoms with Gasteiger partial charge in [0.1, 0.15) is 0 Å². The van der Waals surface area contributed by atoms with Crippen LogP contribution in [-0.4, -0.2) is 14.8 Å². The molecule has 0 spiro atoms. The fraction of sp³-hybridized carbons (Fsp3) is 0.125. The predicted octanol–water partition coefficient (Wildman–Crippen LogP) is 3.98. The first-order valence-corrected chi connectivity index (χ1v) is 6.93. The quantitative estimate of drug-likeness (QED) is 0.681. The monoisotopic (exact) mass is 283 g/mol. The molecule has 0 aliphatic carbocycles. The third kappa shape index (κ3) is 2.45. The molecule has 0 saturated heterocycles. The van der Waals surface area contributed by atoms with Crippen LogP contribution in [0.3, 0.4) is 0 Å². The first kappa shape index (κ1) is 12.9. The van der Waals surface area contributed by atoms with Gasteiger partial charge < -0.3 is 0 Å². The van der Waals surface area contributed by atoms with E-state index in [9.17, 15) is 0 Å². The minimum absolute atomic E-state index is 0.420. The lowest BCUT2D eigenvalue weighted by Crippen LogP contribution is -2.00. The van der Waals surface area contributed by atoms with E-state index in [1.165, 1.54) is 0 Å². The Morgan fingerprint density at radius 1 is 1.10 bits per heavy atom. The van der Waals surface area contributed by atoms with Crippen molar-refractivity contribution in [2.75, 3.05) is 0 Å². The van der Waals surface area contributed by atoms with Crippen molar-refractivity contribution in [3.63, 3.8) is 0 Å². The van der Waals surface area contributed by atoms with Crippen LogP contribution in [0.1, 0.15) is 11.3 Å². The highest BCUT2D eigenvalue weighted by Crippen LogP contribution is 2.22. The second-order valence-electron chi connectivity index (χ2n) is 4.63. The molecule has 3 nitrogen and oxygen atoms in total. The number of nitrogens with zero attached hydrogens (tertiary/aromatic N) is 3.